The predicted molar refractivity (Wildman–Crippen MR) is 139 cm³/mol. The highest BCUT2D eigenvalue weighted by Gasteiger charge is 2.13. The molecule has 0 spiro atoms. The Morgan fingerprint density at radius 1 is 1.11 bits per heavy atom. The molecule has 0 amide bonds. The largest absolute Gasteiger partial charge is 0.397 e. The second-order valence-corrected chi connectivity index (χ2v) is 9.45. The van der Waals surface area contributed by atoms with Crippen molar-refractivity contribution in [1.29, 1.82) is 0 Å². The molecular formula is C27H34N8. The SMILES string of the molecule is N/C(=C\N(N)Cc1cn2cc(CNCC3CCCCC3)ccc2n1)c1cncc(-n2cccc2)c1. The Morgan fingerprint density at radius 2 is 1.94 bits per heavy atom. The molecule has 1 saturated carbocycles. The maximum atomic E-state index is 6.32. The summed E-state index contributed by atoms with van der Waals surface area (Å²) in [7, 11) is 0. The quantitative estimate of drug-likeness (QED) is 0.254. The van der Waals surface area contributed by atoms with Crippen molar-refractivity contribution in [3.05, 3.63) is 90.5 Å². The molecule has 0 saturated heterocycles. The predicted octanol–water partition coefficient (Wildman–Crippen LogP) is 3.82. The van der Waals surface area contributed by atoms with Crippen LogP contribution in [0.4, 0.5) is 0 Å². The van der Waals surface area contributed by atoms with E-state index in [2.05, 4.69) is 33.0 Å². The summed E-state index contributed by atoms with van der Waals surface area (Å²) in [6, 6.07) is 10.1. The van der Waals surface area contributed by atoms with Crippen LogP contribution in [0.25, 0.3) is 17.0 Å². The molecule has 1 aliphatic rings. The fraction of sp³-hybridized carbons (Fsp3) is 0.333. The molecule has 1 aliphatic carbocycles. The van der Waals surface area contributed by atoms with Gasteiger partial charge in [-0.25, -0.2) is 10.8 Å². The molecule has 0 bridgehead atoms. The van der Waals surface area contributed by atoms with Gasteiger partial charge in [0.2, 0.25) is 0 Å². The fourth-order valence-corrected chi connectivity index (χ4v) is 4.80. The van der Waals surface area contributed by atoms with Gasteiger partial charge in [-0.3, -0.25) is 4.98 Å². The molecule has 4 heterocycles. The Hall–Kier alpha value is -3.62. The number of imidazole rings is 1. The third kappa shape index (κ3) is 5.90. The molecule has 0 radical (unpaired) electrons. The fourth-order valence-electron chi connectivity index (χ4n) is 4.80. The lowest BCUT2D eigenvalue weighted by atomic mass is 9.89. The van der Waals surface area contributed by atoms with Crippen LogP contribution in [0.2, 0.25) is 0 Å². The summed E-state index contributed by atoms with van der Waals surface area (Å²) in [5.74, 6) is 7.09. The minimum absolute atomic E-state index is 0.447. The first kappa shape index (κ1) is 23.1. The van der Waals surface area contributed by atoms with Crippen LogP contribution < -0.4 is 16.9 Å². The van der Waals surface area contributed by atoms with Gasteiger partial charge in [0.15, 0.2) is 0 Å². The van der Waals surface area contributed by atoms with E-state index in [4.69, 9.17) is 16.6 Å². The van der Waals surface area contributed by atoms with Gasteiger partial charge in [-0.1, -0.05) is 25.3 Å². The van der Waals surface area contributed by atoms with Crippen LogP contribution in [0.1, 0.15) is 48.9 Å². The normalized spacial score (nSPS) is 15.1. The summed E-state index contributed by atoms with van der Waals surface area (Å²) in [6.45, 7) is 2.42. The first-order chi connectivity index (χ1) is 17.1. The number of rotatable bonds is 9. The van der Waals surface area contributed by atoms with E-state index in [0.29, 0.717) is 12.2 Å². The van der Waals surface area contributed by atoms with Gasteiger partial charge in [0.1, 0.15) is 5.65 Å². The summed E-state index contributed by atoms with van der Waals surface area (Å²) in [5, 5.41) is 5.20. The van der Waals surface area contributed by atoms with Crippen molar-refractivity contribution < 1.29 is 0 Å². The van der Waals surface area contributed by atoms with Crippen LogP contribution >= 0.6 is 0 Å². The van der Waals surface area contributed by atoms with E-state index in [9.17, 15) is 0 Å². The zero-order valence-corrected chi connectivity index (χ0v) is 20.1. The van der Waals surface area contributed by atoms with Crippen LogP contribution in [0.15, 0.2) is 73.7 Å². The van der Waals surface area contributed by atoms with Crippen LogP contribution in [0.5, 0.6) is 0 Å². The number of pyridine rings is 2. The molecule has 8 heteroatoms. The molecule has 0 aromatic carbocycles. The molecule has 0 atom stereocenters. The van der Waals surface area contributed by atoms with Gasteiger partial charge in [0, 0.05) is 49.3 Å². The van der Waals surface area contributed by atoms with Crippen LogP contribution in [0, 0.1) is 5.92 Å². The van der Waals surface area contributed by atoms with E-state index in [1.807, 2.05) is 41.4 Å². The van der Waals surface area contributed by atoms with E-state index in [1.54, 1.807) is 23.6 Å². The summed E-state index contributed by atoms with van der Waals surface area (Å²) < 4.78 is 4.05. The summed E-state index contributed by atoms with van der Waals surface area (Å²) >= 11 is 0. The maximum Gasteiger partial charge on any atom is 0.137 e. The Balaban J connectivity index is 1.20. The molecule has 0 unspecified atom stereocenters. The second kappa shape index (κ2) is 10.8. The minimum Gasteiger partial charge on any atom is -0.397 e. The third-order valence-corrected chi connectivity index (χ3v) is 6.66. The third-order valence-electron chi connectivity index (χ3n) is 6.66. The second-order valence-electron chi connectivity index (χ2n) is 9.45. The summed E-state index contributed by atoms with van der Waals surface area (Å²) in [4.78, 5) is 9.03. The monoisotopic (exact) mass is 470 g/mol. The number of hydrogen-bond acceptors (Lipinski definition) is 6. The number of nitrogens with zero attached hydrogens (tertiary/aromatic N) is 5. The first-order valence-corrected chi connectivity index (χ1v) is 12.4. The van der Waals surface area contributed by atoms with Crippen molar-refractivity contribution in [3.63, 3.8) is 0 Å². The van der Waals surface area contributed by atoms with Crippen molar-refractivity contribution in [1.82, 2.24) is 29.3 Å². The lowest BCUT2D eigenvalue weighted by molar-refractivity contribution is 0.342. The molecule has 35 heavy (non-hydrogen) atoms. The lowest BCUT2D eigenvalue weighted by Crippen LogP contribution is -2.25. The Morgan fingerprint density at radius 3 is 2.77 bits per heavy atom. The van der Waals surface area contributed by atoms with E-state index < -0.39 is 0 Å². The van der Waals surface area contributed by atoms with Crippen LogP contribution in [-0.4, -0.2) is 30.5 Å². The molecular weight excluding hydrogens is 436 g/mol. The maximum absolute atomic E-state index is 6.32. The standard InChI is InChI=1S/C27H34N8/c28-26(23-12-25(16-31-15-23)33-10-4-5-11-33)20-35(29)19-24-18-34-17-22(8-9-27(34)32-24)14-30-13-21-6-2-1-3-7-21/h4-5,8-12,15-18,20-21,30H,1-3,6-7,13-14,19,28-29H2/b26-20-. The molecule has 0 aliphatic heterocycles. The van der Waals surface area contributed by atoms with Gasteiger partial charge >= 0.3 is 0 Å². The first-order valence-electron chi connectivity index (χ1n) is 12.4. The van der Waals surface area contributed by atoms with Crippen molar-refractivity contribution in [2.45, 2.75) is 45.2 Å². The van der Waals surface area contributed by atoms with Crippen LogP contribution in [-0.2, 0) is 13.1 Å². The zero-order valence-electron chi connectivity index (χ0n) is 20.1. The topological polar surface area (TPSA) is 102 Å². The number of nitrogens with one attached hydrogen (secondary N) is 1. The number of hydrazine groups is 1. The molecule has 5 rings (SSSR count). The molecule has 1 fully saturated rings. The van der Waals surface area contributed by atoms with Crippen molar-refractivity contribution in [2.24, 2.45) is 17.5 Å². The van der Waals surface area contributed by atoms with Crippen LogP contribution in [0.3, 0.4) is 0 Å². The highest BCUT2D eigenvalue weighted by molar-refractivity contribution is 5.63. The number of nitrogens with two attached hydrogens (primary N) is 2. The van der Waals surface area contributed by atoms with Crippen molar-refractivity contribution in [2.75, 3.05) is 6.54 Å². The molecule has 4 aromatic heterocycles. The lowest BCUT2D eigenvalue weighted by Gasteiger charge is -2.21. The highest BCUT2D eigenvalue weighted by Crippen LogP contribution is 2.23. The van der Waals surface area contributed by atoms with Gasteiger partial charge in [0.05, 0.1) is 29.8 Å². The summed E-state index contributed by atoms with van der Waals surface area (Å²) in [6.07, 6.45) is 20.3. The van der Waals surface area contributed by atoms with E-state index in [1.165, 1.54) is 37.7 Å². The number of hydrogen-bond donors (Lipinski definition) is 3. The van der Waals surface area contributed by atoms with E-state index in [0.717, 1.165) is 41.6 Å². The van der Waals surface area contributed by atoms with Gasteiger partial charge in [-0.15, -0.1) is 0 Å². The van der Waals surface area contributed by atoms with Gasteiger partial charge in [-0.2, -0.15) is 0 Å². The minimum atomic E-state index is 0.447. The smallest absolute Gasteiger partial charge is 0.137 e. The van der Waals surface area contributed by atoms with Gasteiger partial charge < -0.3 is 25.0 Å². The van der Waals surface area contributed by atoms with E-state index >= 15 is 0 Å². The molecule has 4 aromatic rings. The Labute approximate surface area is 206 Å². The van der Waals surface area contributed by atoms with Gasteiger partial charge in [-0.05, 0) is 55.1 Å². The Bertz CT molecular complexity index is 1270. The number of fused-ring (bicyclic) bond motifs is 1. The molecule has 8 nitrogen and oxygen atoms in total. The summed E-state index contributed by atoms with van der Waals surface area (Å²) in [5.41, 5.74) is 11.7. The van der Waals surface area contributed by atoms with Gasteiger partial charge in [0.25, 0.3) is 0 Å². The average molecular weight is 471 g/mol. The van der Waals surface area contributed by atoms with Crippen molar-refractivity contribution in [3.8, 4) is 5.69 Å². The number of aromatic nitrogens is 4. The molecule has 182 valence electrons. The Kier molecular flexibility index (Phi) is 7.11. The van der Waals surface area contributed by atoms with Crippen molar-refractivity contribution >= 4 is 11.3 Å². The average Bonchev–Trinajstić information content (AvgIpc) is 3.54. The van der Waals surface area contributed by atoms with E-state index in [-0.39, 0.29) is 0 Å². The zero-order chi connectivity index (χ0) is 24.0. The highest BCUT2D eigenvalue weighted by atomic mass is 15.4. The molecule has 5 N–H and O–H groups in total.